The van der Waals surface area contributed by atoms with E-state index in [4.69, 9.17) is 16.3 Å². The van der Waals surface area contributed by atoms with Crippen molar-refractivity contribution in [1.82, 2.24) is 0 Å². The smallest absolute Gasteiger partial charge is 0.341 e. The SMILES string of the molecule is CCCCCCCCCCC(CC)OC(=O)c1cccc(Cl)c1F. The minimum absolute atomic E-state index is 0.0550. The van der Waals surface area contributed by atoms with E-state index in [0.29, 0.717) is 0 Å². The Bertz CT molecular complexity index is 491. The molecular weight excluding hydrogens is 327 g/mol. The topological polar surface area (TPSA) is 26.3 Å². The van der Waals surface area contributed by atoms with Gasteiger partial charge in [-0.05, 0) is 31.4 Å². The fourth-order valence-electron chi connectivity index (χ4n) is 2.73. The van der Waals surface area contributed by atoms with Crippen molar-refractivity contribution in [2.45, 2.75) is 84.2 Å². The molecule has 1 aromatic rings. The minimum atomic E-state index is -0.703. The van der Waals surface area contributed by atoms with Crippen molar-refractivity contribution in [1.29, 1.82) is 0 Å². The second kappa shape index (κ2) is 12.3. The van der Waals surface area contributed by atoms with E-state index in [9.17, 15) is 9.18 Å². The largest absolute Gasteiger partial charge is 0.459 e. The molecule has 1 rings (SSSR count). The molecular formula is C20H30ClFO2. The predicted octanol–water partition coefficient (Wildman–Crippen LogP) is 6.95. The van der Waals surface area contributed by atoms with E-state index in [-0.39, 0.29) is 16.7 Å². The van der Waals surface area contributed by atoms with Crippen LogP contribution in [0.15, 0.2) is 18.2 Å². The molecule has 2 nitrogen and oxygen atoms in total. The number of hydrogen-bond acceptors (Lipinski definition) is 2. The van der Waals surface area contributed by atoms with Gasteiger partial charge in [-0.15, -0.1) is 0 Å². The van der Waals surface area contributed by atoms with Crippen LogP contribution in [0.5, 0.6) is 0 Å². The first-order chi connectivity index (χ1) is 11.6. The Kier molecular flexibility index (Phi) is 10.7. The van der Waals surface area contributed by atoms with Crippen LogP contribution in [0.3, 0.4) is 0 Å². The Morgan fingerprint density at radius 1 is 1.08 bits per heavy atom. The van der Waals surface area contributed by atoms with Gasteiger partial charge in [-0.2, -0.15) is 0 Å². The highest BCUT2D eigenvalue weighted by molar-refractivity contribution is 6.31. The van der Waals surface area contributed by atoms with E-state index < -0.39 is 11.8 Å². The quantitative estimate of drug-likeness (QED) is 0.299. The molecule has 1 unspecified atom stereocenters. The van der Waals surface area contributed by atoms with Crippen molar-refractivity contribution < 1.29 is 13.9 Å². The lowest BCUT2D eigenvalue weighted by molar-refractivity contribution is 0.0262. The van der Waals surface area contributed by atoms with Crippen LogP contribution >= 0.6 is 11.6 Å². The van der Waals surface area contributed by atoms with Crippen LogP contribution in [0, 0.1) is 5.82 Å². The molecule has 0 saturated carbocycles. The van der Waals surface area contributed by atoms with Crippen molar-refractivity contribution in [3.05, 3.63) is 34.6 Å². The lowest BCUT2D eigenvalue weighted by atomic mass is 10.0. The average molecular weight is 357 g/mol. The molecule has 24 heavy (non-hydrogen) atoms. The molecule has 1 aromatic carbocycles. The number of carbonyl (C=O) groups is 1. The normalized spacial score (nSPS) is 12.2. The Hall–Kier alpha value is -1.09. The van der Waals surface area contributed by atoms with E-state index in [2.05, 4.69) is 6.92 Å². The van der Waals surface area contributed by atoms with Gasteiger partial charge in [0.15, 0.2) is 5.82 Å². The maximum atomic E-state index is 13.9. The molecule has 0 saturated heterocycles. The maximum absolute atomic E-state index is 13.9. The van der Waals surface area contributed by atoms with Crippen molar-refractivity contribution >= 4 is 17.6 Å². The molecule has 1 atom stereocenters. The van der Waals surface area contributed by atoms with Gasteiger partial charge in [0.05, 0.1) is 10.6 Å². The van der Waals surface area contributed by atoms with E-state index >= 15 is 0 Å². The summed E-state index contributed by atoms with van der Waals surface area (Å²) in [5.74, 6) is -1.33. The zero-order chi connectivity index (χ0) is 17.8. The predicted molar refractivity (Wildman–Crippen MR) is 98.1 cm³/mol. The number of ether oxygens (including phenoxy) is 1. The molecule has 0 spiro atoms. The summed E-state index contributed by atoms with van der Waals surface area (Å²) in [4.78, 5) is 12.1. The van der Waals surface area contributed by atoms with Crippen LogP contribution in [0.1, 0.15) is 88.4 Å². The van der Waals surface area contributed by atoms with Crippen LogP contribution in [0.4, 0.5) is 4.39 Å². The first kappa shape index (κ1) is 21.0. The van der Waals surface area contributed by atoms with Gasteiger partial charge in [0.2, 0.25) is 0 Å². The summed E-state index contributed by atoms with van der Waals surface area (Å²) in [7, 11) is 0. The lowest BCUT2D eigenvalue weighted by Crippen LogP contribution is -2.18. The zero-order valence-electron chi connectivity index (χ0n) is 15.0. The van der Waals surface area contributed by atoms with Gasteiger partial charge in [0.1, 0.15) is 6.10 Å². The van der Waals surface area contributed by atoms with Gasteiger partial charge >= 0.3 is 5.97 Å². The molecule has 0 aliphatic carbocycles. The number of benzene rings is 1. The van der Waals surface area contributed by atoms with Crippen molar-refractivity contribution in [2.24, 2.45) is 0 Å². The number of halogens is 2. The summed E-state index contributed by atoms with van der Waals surface area (Å²) in [5.41, 5.74) is -0.0862. The summed E-state index contributed by atoms with van der Waals surface area (Å²) in [5, 5.41) is -0.0550. The van der Waals surface area contributed by atoms with Gasteiger partial charge in [-0.25, -0.2) is 9.18 Å². The molecule has 0 fully saturated rings. The van der Waals surface area contributed by atoms with Gasteiger partial charge in [0, 0.05) is 0 Å². The summed E-state index contributed by atoms with van der Waals surface area (Å²) in [6.45, 7) is 4.21. The number of esters is 1. The highest BCUT2D eigenvalue weighted by Crippen LogP contribution is 2.20. The summed E-state index contributed by atoms with van der Waals surface area (Å²) < 4.78 is 19.3. The number of hydrogen-bond donors (Lipinski definition) is 0. The third kappa shape index (κ3) is 7.65. The van der Waals surface area contributed by atoms with E-state index in [1.165, 1.54) is 50.7 Å². The third-order valence-corrected chi connectivity index (χ3v) is 4.57. The van der Waals surface area contributed by atoms with E-state index in [0.717, 1.165) is 25.7 Å². The van der Waals surface area contributed by atoms with Crippen LogP contribution in [0.25, 0.3) is 0 Å². The van der Waals surface area contributed by atoms with Crippen molar-refractivity contribution in [3.8, 4) is 0 Å². The first-order valence-corrected chi connectivity index (χ1v) is 9.62. The molecule has 4 heteroatoms. The summed E-state index contributed by atoms with van der Waals surface area (Å²) in [6.07, 6.45) is 11.4. The third-order valence-electron chi connectivity index (χ3n) is 4.28. The molecule has 0 bridgehead atoms. The minimum Gasteiger partial charge on any atom is -0.459 e. The molecule has 136 valence electrons. The van der Waals surface area contributed by atoms with Crippen molar-refractivity contribution in [3.63, 3.8) is 0 Å². The molecule has 0 N–H and O–H groups in total. The second-order valence-electron chi connectivity index (χ2n) is 6.30. The second-order valence-corrected chi connectivity index (χ2v) is 6.71. The highest BCUT2D eigenvalue weighted by atomic mass is 35.5. The maximum Gasteiger partial charge on any atom is 0.341 e. The van der Waals surface area contributed by atoms with Gasteiger partial charge in [-0.1, -0.05) is 76.5 Å². The first-order valence-electron chi connectivity index (χ1n) is 9.25. The molecule has 0 heterocycles. The Morgan fingerprint density at radius 2 is 1.71 bits per heavy atom. The van der Waals surface area contributed by atoms with Gasteiger partial charge < -0.3 is 4.74 Å². The zero-order valence-corrected chi connectivity index (χ0v) is 15.7. The van der Waals surface area contributed by atoms with Gasteiger partial charge in [0.25, 0.3) is 0 Å². The molecule has 0 amide bonds. The van der Waals surface area contributed by atoms with E-state index in [1.807, 2.05) is 6.92 Å². The standard InChI is InChI=1S/C20H30ClFO2/c1-3-5-6-7-8-9-10-11-13-16(4-2)24-20(23)17-14-12-15-18(21)19(17)22/h12,14-16H,3-11,13H2,1-2H3. The lowest BCUT2D eigenvalue weighted by Gasteiger charge is -2.16. The van der Waals surface area contributed by atoms with Crippen LogP contribution in [-0.4, -0.2) is 12.1 Å². The highest BCUT2D eigenvalue weighted by Gasteiger charge is 2.19. The van der Waals surface area contributed by atoms with Crippen LogP contribution < -0.4 is 0 Å². The fraction of sp³-hybridized carbons (Fsp3) is 0.650. The number of unbranched alkanes of at least 4 members (excludes halogenated alkanes) is 7. The van der Waals surface area contributed by atoms with Crippen molar-refractivity contribution in [2.75, 3.05) is 0 Å². The Labute approximate surface area is 150 Å². The monoisotopic (exact) mass is 356 g/mol. The summed E-state index contributed by atoms with van der Waals surface area (Å²) >= 11 is 5.71. The van der Waals surface area contributed by atoms with E-state index in [1.54, 1.807) is 6.07 Å². The molecule has 0 aliphatic rings. The Balaban J connectivity index is 2.29. The Morgan fingerprint density at radius 3 is 2.33 bits per heavy atom. The fourth-order valence-corrected chi connectivity index (χ4v) is 2.90. The average Bonchev–Trinajstić information content (AvgIpc) is 2.58. The van der Waals surface area contributed by atoms with Crippen LogP contribution in [0.2, 0.25) is 5.02 Å². The van der Waals surface area contributed by atoms with Crippen LogP contribution in [-0.2, 0) is 4.74 Å². The molecule has 0 radical (unpaired) electrons. The summed E-state index contributed by atoms with van der Waals surface area (Å²) in [6, 6.07) is 4.39. The number of carbonyl (C=O) groups excluding carboxylic acids is 1. The molecule has 0 aliphatic heterocycles. The van der Waals surface area contributed by atoms with Gasteiger partial charge in [-0.3, -0.25) is 0 Å². The molecule has 0 aromatic heterocycles. The number of rotatable bonds is 12.